The van der Waals surface area contributed by atoms with Crippen LogP contribution in [-0.4, -0.2) is 37.1 Å². The fourth-order valence-electron chi connectivity index (χ4n) is 3.16. The molecule has 1 aliphatic heterocycles. The van der Waals surface area contributed by atoms with E-state index in [9.17, 15) is 0 Å². The SMILES string of the molecule is CCn1ccnc1CN1CCCC(c2nccn2C)C1. The van der Waals surface area contributed by atoms with E-state index in [-0.39, 0.29) is 0 Å². The molecule has 1 atom stereocenters. The van der Waals surface area contributed by atoms with Gasteiger partial charge < -0.3 is 9.13 Å². The zero-order valence-corrected chi connectivity index (χ0v) is 12.4. The molecule has 20 heavy (non-hydrogen) atoms. The maximum absolute atomic E-state index is 4.52. The highest BCUT2D eigenvalue weighted by atomic mass is 15.2. The molecule has 1 saturated heterocycles. The number of hydrogen-bond acceptors (Lipinski definition) is 3. The van der Waals surface area contributed by atoms with Crippen molar-refractivity contribution in [1.82, 2.24) is 24.0 Å². The first-order chi connectivity index (χ1) is 9.78. The van der Waals surface area contributed by atoms with Crippen LogP contribution < -0.4 is 0 Å². The summed E-state index contributed by atoms with van der Waals surface area (Å²) in [6, 6.07) is 0. The Kier molecular flexibility index (Phi) is 3.87. The van der Waals surface area contributed by atoms with Crippen molar-refractivity contribution in [3.8, 4) is 0 Å². The lowest BCUT2D eigenvalue weighted by atomic mass is 9.97. The number of aromatic nitrogens is 4. The Bertz CT molecular complexity index is 556. The van der Waals surface area contributed by atoms with Gasteiger partial charge in [0.05, 0.1) is 6.54 Å². The Hall–Kier alpha value is -1.62. The summed E-state index contributed by atoms with van der Waals surface area (Å²) in [5, 5.41) is 0. The molecule has 0 radical (unpaired) electrons. The highest BCUT2D eigenvalue weighted by Crippen LogP contribution is 2.26. The molecule has 5 nitrogen and oxygen atoms in total. The van der Waals surface area contributed by atoms with Gasteiger partial charge in [-0.05, 0) is 26.3 Å². The molecular weight excluding hydrogens is 250 g/mol. The molecule has 5 heteroatoms. The third-order valence-electron chi connectivity index (χ3n) is 4.24. The second-order valence-corrected chi connectivity index (χ2v) is 5.60. The quantitative estimate of drug-likeness (QED) is 0.855. The Labute approximate surface area is 120 Å². The second-order valence-electron chi connectivity index (χ2n) is 5.60. The third kappa shape index (κ3) is 2.63. The number of nitrogens with zero attached hydrogens (tertiary/aromatic N) is 5. The van der Waals surface area contributed by atoms with E-state index in [1.54, 1.807) is 0 Å². The average Bonchev–Trinajstić information content (AvgIpc) is 3.08. The summed E-state index contributed by atoms with van der Waals surface area (Å²) < 4.78 is 4.38. The molecule has 2 aromatic heterocycles. The monoisotopic (exact) mass is 273 g/mol. The van der Waals surface area contributed by atoms with Gasteiger partial charge in [-0.15, -0.1) is 0 Å². The van der Waals surface area contributed by atoms with E-state index in [2.05, 4.69) is 44.2 Å². The van der Waals surface area contributed by atoms with Crippen molar-refractivity contribution in [3.63, 3.8) is 0 Å². The van der Waals surface area contributed by atoms with Gasteiger partial charge in [0.2, 0.25) is 0 Å². The molecule has 1 fully saturated rings. The van der Waals surface area contributed by atoms with Crippen LogP contribution in [0, 0.1) is 0 Å². The van der Waals surface area contributed by atoms with Crippen molar-refractivity contribution in [2.75, 3.05) is 13.1 Å². The molecule has 108 valence electrons. The molecule has 0 aromatic carbocycles. The second kappa shape index (κ2) is 5.79. The van der Waals surface area contributed by atoms with E-state index >= 15 is 0 Å². The van der Waals surface area contributed by atoms with Crippen LogP contribution in [0.25, 0.3) is 0 Å². The van der Waals surface area contributed by atoms with Gasteiger partial charge in [0.15, 0.2) is 0 Å². The van der Waals surface area contributed by atoms with Gasteiger partial charge in [0.25, 0.3) is 0 Å². The lowest BCUT2D eigenvalue weighted by molar-refractivity contribution is 0.189. The summed E-state index contributed by atoms with van der Waals surface area (Å²) in [5.74, 6) is 2.94. The van der Waals surface area contributed by atoms with Crippen LogP contribution >= 0.6 is 0 Å². The first kappa shape index (κ1) is 13.4. The first-order valence-electron chi connectivity index (χ1n) is 7.47. The van der Waals surface area contributed by atoms with Crippen molar-refractivity contribution >= 4 is 0 Å². The first-order valence-corrected chi connectivity index (χ1v) is 7.47. The minimum Gasteiger partial charge on any atom is -0.338 e. The van der Waals surface area contributed by atoms with Crippen LogP contribution in [0.15, 0.2) is 24.8 Å². The summed E-state index contributed by atoms with van der Waals surface area (Å²) in [7, 11) is 2.09. The van der Waals surface area contributed by atoms with Gasteiger partial charge in [-0.25, -0.2) is 9.97 Å². The summed E-state index contributed by atoms with van der Waals surface area (Å²) in [6.07, 6.45) is 10.4. The van der Waals surface area contributed by atoms with Gasteiger partial charge in [-0.2, -0.15) is 0 Å². The van der Waals surface area contributed by atoms with Gasteiger partial charge in [-0.3, -0.25) is 4.90 Å². The number of imidazole rings is 2. The topological polar surface area (TPSA) is 38.9 Å². The fourth-order valence-corrected chi connectivity index (χ4v) is 3.16. The molecule has 1 unspecified atom stereocenters. The van der Waals surface area contributed by atoms with E-state index in [1.807, 2.05) is 18.6 Å². The van der Waals surface area contributed by atoms with Crippen LogP contribution in [0.5, 0.6) is 0 Å². The minimum absolute atomic E-state index is 0.550. The standard InChI is InChI=1S/C15H23N5/c1-3-20-10-7-16-14(20)12-19-8-4-5-13(11-19)15-17-6-9-18(15)2/h6-7,9-10,13H,3-5,8,11-12H2,1-2H3. The summed E-state index contributed by atoms with van der Waals surface area (Å²) in [4.78, 5) is 11.5. The predicted octanol–water partition coefficient (Wildman–Crippen LogP) is 2.02. The Morgan fingerprint density at radius 1 is 1.25 bits per heavy atom. The van der Waals surface area contributed by atoms with Crippen molar-refractivity contribution < 1.29 is 0 Å². The molecule has 0 aliphatic carbocycles. The smallest absolute Gasteiger partial charge is 0.122 e. The highest BCUT2D eigenvalue weighted by Gasteiger charge is 2.24. The van der Waals surface area contributed by atoms with Crippen LogP contribution in [-0.2, 0) is 20.1 Å². The largest absolute Gasteiger partial charge is 0.338 e. The van der Waals surface area contributed by atoms with Crippen molar-refractivity contribution in [2.24, 2.45) is 7.05 Å². The lowest BCUT2D eigenvalue weighted by Gasteiger charge is -2.32. The summed E-state index contributed by atoms with van der Waals surface area (Å²) in [6.45, 7) is 6.35. The number of piperidine rings is 1. The molecule has 0 N–H and O–H groups in total. The van der Waals surface area contributed by atoms with Crippen molar-refractivity contribution in [2.45, 2.75) is 38.8 Å². The third-order valence-corrected chi connectivity index (χ3v) is 4.24. The number of aryl methyl sites for hydroxylation is 2. The Balaban J connectivity index is 1.68. The molecule has 0 bridgehead atoms. The highest BCUT2D eigenvalue weighted by molar-refractivity contribution is 5.03. The van der Waals surface area contributed by atoms with Crippen molar-refractivity contribution in [1.29, 1.82) is 0 Å². The zero-order valence-electron chi connectivity index (χ0n) is 12.4. The summed E-state index contributed by atoms with van der Waals surface area (Å²) in [5.41, 5.74) is 0. The normalized spacial score (nSPS) is 20.4. The van der Waals surface area contributed by atoms with Gasteiger partial charge >= 0.3 is 0 Å². The van der Waals surface area contributed by atoms with Gasteiger partial charge in [0, 0.05) is 50.8 Å². The van der Waals surface area contributed by atoms with Crippen LogP contribution in [0.3, 0.4) is 0 Å². The van der Waals surface area contributed by atoms with Crippen LogP contribution in [0.1, 0.15) is 37.3 Å². The molecule has 0 amide bonds. The fraction of sp³-hybridized carbons (Fsp3) is 0.600. The molecule has 2 aromatic rings. The predicted molar refractivity (Wildman–Crippen MR) is 78.4 cm³/mol. The molecule has 0 spiro atoms. The number of rotatable bonds is 4. The zero-order chi connectivity index (χ0) is 13.9. The molecule has 3 heterocycles. The van der Waals surface area contributed by atoms with Crippen LogP contribution in [0.2, 0.25) is 0 Å². The maximum atomic E-state index is 4.52. The molecular formula is C15H23N5. The average molecular weight is 273 g/mol. The van der Waals surface area contributed by atoms with Gasteiger partial charge in [-0.1, -0.05) is 0 Å². The van der Waals surface area contributed by atoms with E-state index in [0.29, 0.717) is 5.92 Å². The maximum Gasteiger partial charge on any atom is 0.122 e. The number of hydrogen-bond donors (Lipinski definition) is 0. The van der Waals surface area contributed by atoms with E-state index < -0.39 is 0 Å². The number of likely N-dealkylation sites (tertiary alicyclic amines) is 1. The summed E-state index contributed by atoms with van der Waals surface area (Å²) >= 11 is 0. The molecule has 0 saturated carbocycles. The van der Waals surface area contributed by atoms with E-state index in [1.165, 1.54) is 24.5 Å². The van der Waals surface area contributed by atoms with E-state index in [0.717, 1.165) is 26.2 Å². The van der Waals surface area contributed by atoms with Crippen LogP contribution in [0.4, 0.5) is 0 Å². The lowest BCUT2D eigenvalue weighted by Crippen LogP contribution is -2.35. The minimum atomic E-state index is 0.550. The van der Waals surface area contributed by atoms with Crippen molar-refractivity contribution in [3.05, 3.63) is 36.4 Å². The van der Waals surface area contributed by atoms with Gasteiger partial charge in [0.1, 0.15) is 11.6 Å². The molecule has 1 aliphatic rings. The Morgan fingerprint density at radius 2 is 2.10 bits per heavy atom. The molecule has 3 rings (SSSR count). The van der Waals surface area contributed by atoms with E-state index in [4.69, 9.17) is 0 Å². The Morgan fingerprint density at radius 3 is 2.85 bits per heavy atom.